The lowest BCUT2D eigenvalue weighted by Crippen LogP contribution is -2.42. The highest BCUT2D eigenvalue weighted by molar-refractivity contribution is 4.95. The van der Waals surface area contributed by atoms with Crippen molar-refractivity contribution in [3.8, 4) is 0 Å². The van der Waals surface area contributed by atoms with Crippen LogP contribution in [0.1, 0.15) is 90.4 Å². The summed E-state index contributed by atoms with van der Waals surface area (Å²) in [6, 6.07) is 0. The normalized spacial score (nSPS) is 41.3. The van der Waals surface area contributed by atoms with E-state index < -0.39 is 0 Å². The highest BCUT2D eigenvalue weighted by Gasteiger charge is 2.52. The molecule has 3 fully saturated rings. The minimum Gasteiger partial charge on any atom is -0.350 e. The summed E-state index contributed by atoms with van der Waals surface area (Å²) in [7, 11) is 0. The van der Waals surface area contributed by atoms with Crippen LogP contribution in [-0.4, -0.2) is 18.5 Å². The van der Waals surface area contributed by atoms with Crippen LogP contribution in [-0.2, 0) is 9.47 Å². The third-order valence-electron chi connectivity index (χ3n) is 5.97. The zero-order chi connectivity index (χ0) is 14.5. The van der Waals surface area contributed by atoms with Crippen LogP contribution < -0.4 is 0 Å². The minimum atomic E-state index is -0.187. The second-order valence-electron chi connectivity index (χ2n) is 7.68. The lowest BCUT2D eigenvalue weighted by Gasteiger charge is -2.38. The summed E-state index contributed by atoms with van der Waals surface area (Å²) in [4.78, 5) is 0. The van der Waals surface area contributed by atoms with Crippen molar-refractivity contribution in [1.82, 2.24) is 0 Å². The van der Waals surface area contributed by atoms with E-state index in [2.05, 4.69) is 6.92 Å². The molecule has 0 aromatic rings. The zero-order valence-corrected chi connectivity index (χ0v) is 13.9. The smallest absolute Gasteiger partial charge is 0.169 e. The van der Waals surface area contributed by atoms with Gasteiger partial charge in [-0.3, -0.25) is 0 Å². The minimum absolute atomic E-state index is 0.187. The van der Waals surface area contributed by atoms with Gasteiger partial charge in [0.15, 0.2) is 5.79 Å². The SMILES string of the molecule is CCCC[C@H]1C[C@@]23CCCCCCCCC[C@H](CO2)C1O3. The molecule has 2 nitrogen and oxygen atoms in total. The van der Waals surface area contributed by atoms with Gasteiger partial charge in [0.1, 0.15) is 0 Å². The van der Waals surface area contributed by atoms with Crippen molar-refractivity contribution in [1.29, 1.82) is 0 Å². The maximum absolute atomic E-state index is 6.55. The number of hydrogen-bond acceptors (Lipinski definition) is 2. The van der Waals surface area contributed by atoms with E-state index in [4.69, 9.17) is 9.47 Å². The van der Waals surface area contributed by atoms with Gasteiger partial charge in [-0.25, -0.2) is 0 Å². The lowest BCUT2D eigenvalue weighted by atomic mass is 9.84. The van der Waals surface area contributed by atoms with Gasteiger partial charge in [0, 0.05) is 18.8 Å². The summed E-state index contributed by atoms with van der Waals surface area (Å²) in [6.07, 6.45) is 17.9. The van der Waals surface area contributed by atoms with Gasteiger partial charge in [-0.05, 0) is 25.2 Å². The summed E-state index contributed by atoms with van der Waals surface area (Å²) >= 11 is 0. The summed E-state index contributed by atoms with van der Waals surface area (Å²) in [5, 5.41) is 0. The van der Waals surface area contributed by atoms with Crippen molar-refractivity contribution < 1.29 is 9.47 Å². The Labute approximate surface area is 131 Å². The molecule has 3 aliphatic heterocycles. The Balaban J connectivity index is 1.68. The van der Waals surface area contributed by atoms with Crippen molar-refractivity contribution >= 4 is 0 Å². The molecule has 0 aromatic heterocycles. The third-order valence-corrected chi connectivity index (χ3v) is 5.97. The number of rotatable bonds is 3. The monoisotopic (exact) mass is 294 g/mol. The van der Waals surface area contributed by atoms with E-state index in [1.807, 2.05) is 0 Å². The number of unbranched alkanes of at least 4 members (excludes halogenated alkanes) is 1. The molecule has 4 atom stereocenters. The summed E-state index contributed by atoms with van der Waals surface area (Å²) in [6.45, 7) is 3.27. The number of fused-ring (bicyclic) bond motifs is 4. The Kier molecular flexibility index (Phi) is 5.61. The summed E-state index contributed by atoms with van der Waals surface area (Å²) in [5.74, 6) is 1.25. The van der Waals surface area contributed by atoms with Crippen LogP contribution >= 0.6 is 0 Å². The molecule has 0 amide bonds. The molecule has 1 unspecified atom stereocenters. The Hall–Kier alpha value is -0.0800. The van der Waals surface area contributed by atoms with Crippen LogP contribution in [0.3, 0.4) is 0 Å². The highest BCUT2D eigenvalue weighted by atomic mass is 16.7. The fraction of sp³-hybridized carbons (Fsp3) is 1.00. The summed E-state index contributed by atoms with van der Waals surface area (Å²) < 4.78 is 12.9. The van der Waals surface area contributed by atoms with Crippen LogP contribution in [0.2, 0.25) is 0 Å². The van der Waals surface area contributed by atoms with Crippen molar-refractivity contribution in [2.75, 3.05) is 6.61 Å². The summed E-state index contributed by atoms with van der Waals surface area (Å²) in [5.41, 5.74) is 0. The molecule has 3 aliphatic rings. The molecule has 0 aliphatic carbocycles. The van der Waals surface area contributed by atoms with Gasteiger partial charge in [-0.2, -0.15) is 0 Å². The van der Waals surface area contributed by atoms with Crippen LogP contribution in [0.5, 0.6) is 0 Å². The van der Waals surface area contributed by atoms with Crippen LogP contribution in [0.4, 0.5) is 0 Å². The number of ether oxygens (including phenoxy) is 2. The molecule has 122 valence electrons. The predicted molar refractivity (Wildman–Crippen MR) is 86.2 cm³/mol. The Morgan fingerprint density at radius 2 is 1.76 bits per heavy atom. The third kappa shape index (κ3) is 3.82. The second-order valence-corrected chi connectivity index (χ2v) is 7.68. The van der Waals surface area contributed by atoms with Gasteiger partial charge in [0.2, 0.25) is 0 Å². The van der Waals surface area contributed by atoms with Gasteiger partial charge in [-0.15, -0.1) is 0 Å². The van der Waals surface area contributed by atoms with E-state index in [9.17, 15) is 0 Å². The Morgan fingerprint density at radius 3 is 2.57 bits per heavy atom. The maximum Gasteiger partial charge on any atom is 0.169 e. The van der Waals surface area contributed by atoms with E-state index in [1.165, 1.54) is 77.0 Å². The quantitative estimate of drug-likeness (QED) is 0.689. The Morgan fingerprint density at radius 1 is 1.00 bits per heavy atom. The van der Waals surface area contributed by atoms with E-state index >= 15 is 0 Å². The molecule has 3 heterocycles. The second kappa shape index (κ2) is 7.46. The van der Waals surface area contributed by atoms with E-state index in [0.717, 1.165) is 18.9 Å². The van der Waals surface area contributed by atoms with Gasteiger partial charge >= 0.3 is 0 Å². The van der Waals surface area contributed by atoms with Crippen molar-refractivity contribution in [2.24, 2.45) is 11.8 Å². The van der Waals surface area contributed by atoms with Crippen LogP contribution in [0.15, 0.2) is 0 Å². The van der Waals surface area contributed by atoms with Gasteiger partial charge in [0.25, 0.3) is 0 Å². The largest absolute Gasteiger partial charge is 0.350 e. The number of hydrogen-bond donors (Lipinski definition) is 0. The molecule has 3 rings (SSSR count). The van der Waals surface area contributed by atoms with Crippen molar-refractivity contribution in [2.45, 2.75) is 102 Å². The molecule has 3 saturated heterocycles. The van der Waals surface area contributed by atoms with Crippen molar-refractivity contribution in [3.63, 3.8) is 0 Å². The predicted octanol–water partition coefficient (Wildman–Crippen LogP) is 5.45. The molecule has 0 N–H and O–H groups in total. The topological polar surface area (TPSA) is 18.5 Å². The van der Waals surface area contributed by atoms with Gasteiger partial charge < -0.3 is 9.47 Å². The van der Waals surface area contributed by atoms with E-state index in [1.54, 1.807) is 0 Å². The van der Waals surface area contributed by atoms with Gasteiger partial charge in [0.05, 0.1) is 12.7 Å². The van der Waals surface area contributed by atoms with Crippen LogP contribution in [0, 0.1) is 11.8 Å². The highest BCUT2D eigenvalue weighted by Crippen LogP contribution is 2.49. The first-order valence-corrected chi connectivity index (χ1v) is 9.65. The maximum atomic E-state index is 6.55. The molecule has 0 radical (unpaired) electrons. The molecule has 3 bridgehead atoms. The van der Waals surface area contributed by atoms with E-state index in [-0.39, 0.29) is 5.79 Å². The molecule has 21 heavy (non-hydrogen) atoms. The van der Waals surface area contributed by atoms with Crippen molar-refractivity contribution in [3.05, 3.63) is 0 Å². The zero-order valence-electron chi connectivity index (χ0n) is 13.9. The lowest BCUT2D eigenvalue weighted by molar-refractivity contribution is -0.282. The Bertz CT molecular complexity index is 313. The van der Waals surface area contributed by atoms with E-state index in [0.29, 0.717) is 12.0 Å². The average Bonchev–Trinajstić information content (AvgIpc) is 2.80. The molecule has 0 aromatic carbocycles. The average molecular weight is 294 g/mol. The standard InChI is InChI=1S/C19H34O2/c1-2-3-11-16-14-19-13-10-8-6-4-5-7-9-12-17(15-20-19)18(16)21-19/h16-18H,2-15H2,1H3/t16-,17+,18?,19-/m0/s1. The van der Waals surface area contributed by atoms with Crippen LogP contribution in [0.25, 0.3) is 0 Å². The molecular weight excluding hydrogens is 260 g/mol. The molecule has 1 spiro atoms. The first-order chi connectivity index (χ1) is 10.3. The molecule has 2 heteroatoms. The fourth-order valence-electron chi connectivity index (χ4n) is 4.73. The molecular formula is C19H34O2. The fourth-order valence-corrected chi connectivity index (χ4v) is 4.73. The first kappa shape index (κ1) is 15.8. The molecule has 0 saturated carbocycles. The van der Waals surface area contributed by atoms with Gasteiger partial charge in [-0.1, -0.05) is 58.3 Å². The first-order valence-electron chi connectivity index (χ1n) is 9.65.